The topological polar surface area (TPSA) is 89.9 Å². The fourth-order valence-electron chi connectivity index (χ4n) is 1.41. The standard InChI is InChI=1S/C12H10Cl2N4O/c13-7-1-3-9(10(14)5-7)11-4-2-8(19-11)6-17-18-12(15)16/h1-6H,(H4,15,16,18)/b17-6-. The second kappa shape index (κ2) is 5.77. The lowest BCUT2D eigenvalue weighted by molar-refractivity contribution is 0.575. The highest BCUT2D eigenvalue weighted by atomic mass is 35.5. The molecule has 1 aromatic carbocycles. The summed E-state index contributed by atoms with van der Waals surface area (Å²) >= 11 is 11.9. The molecule has 0 fully saturated rings. The lowest BCUT2D eigenvalue weighted by atomic mass is 10.2. The van der Waals surface area contributed by atoms with E-state index >= 15 is 0 Å². The molecule has 2 aromatic rings. The van der Waals surface area contributed by atoms with Gasteiger partial charge in [-0.15, -0.1) is 5.10 Å². The van der Waals surface area contributed by atoms with Crippen LogP contribution in [-0.2, 0) is 0 Å². The van der Waals surface area contributed by atoms with E-state index in [0.717, 1.165) is 5.56 Å². The van der Waals surface area contributed by atoms with E-state index in [1.165, 1.54) is 6.21 Å². The molecule has 1 aromatic heterocycles. The summed E-state index contributed by atoms with van der Waals surface area (Å²) in [4.78, 5) is 0. The molecule has 0 amide bonds. The second-order valence-corrected chi connectivity index (χ2v) is 4.44. The summed E-state index contributed by atoms with van der Waals surface area (Å²) in [5, 5.41) is 8.19. The van der Waals surface area contributed by atoms with Crippen LogP contribution < -0.4 is 11.5 Å². The van der Waals surface area contributed by atoms with Crippen molar-refractivity contribution in [2.45, 2.75) is 0 Å². The van der Waals surface area contributed by atoms with Crippen molar-refractivity contribution in [3.63, 3.8) is 0 Å². The predicted molar refractivity (Wildman–Crippen MR) is 77.6 cm³/mol. The van der Waals surface area contributed by atoms with Gasteiger partial charge in [-0.2, -0.15) is 5.10 Å². The maximum Gasteiger partial charge on any atom is 0.211 e. The largest absolute Gasteiger partial charge is 0.455 e. The average molecular weight is 297 g/mol. The minimum atomic E-state index is -0.122. The summed E-state index contributed by atoms with van der Waals surface area (Å²) in [5.74, 6) is 0.989. The third-order valence-electron chi connectivity index (χ3n) is 2.18. The van der Waals surface area contributed by atoms with E-state index < -0.39 is 0 Å². The van der Waals surface area contributed by atoms with Gasteiger partial charge in [0.05, 0.1) is 11.2 Å². The first-order valence-electron chi connectivity index (χ1n) is 5.23. The second-order valence-electron chi connectivity index (χ2n) is 3.60. The predicted octanol–water partition coefficient (Wildman–Crippen LogP) is 2.86. The molecule has 0 bridgehead atoms. The van der Waals surface area contributed by atoms with Gasteiger partial charge in [-0.1, -0.05) is 23.2 Å². The molecule has 98 valence electrons. The van der Waals surface area contributed by atoms with Crippen LogP contribution in [0.2, 0.25) is 10.0 Å². The molecule has 0 saturated carbocycles. The van der Waals surface area contributed by atoms with Crippen LogP contribution in [0.3, 0.4) is 0 Å². The van der Waals surface area contributed by atoms with Gasteiger partial charge in [-0.25, -0.2) is 0 Å². The Labute approximate surface area is 119 Å². The number of nitrogens with zero attached hydrogens (tertiary/aromatic N) is 2. The highest BCUT2D eigenvalue weighted by Crippen LogP contribution is 2.31. The Balaban J connectivity index is 2.26. The highest BCUT2D eigenvalue weighted by Gasteiger charge is 2.08. The number of halogens is 2. The van der Waals surface area contributed by atoms with Gasteiger partial charge in [-0.3, -0.25) is 0 Å². The zero-order valence-corrected chi connectivity index (χ0v) is 11.2. The molecule has 0 spiro atoms. The van der Waals surface area contributed by atoms with Crippen LogP contribution in [-0.4, -0.2) is 12.2 Å². The van der Waals surface area contributed by atoms with Crippen molar-refractivity contribution in [1.82, 2.24) is 0 Å². The first kappa shape index (κ1) is 13.5. The molecule has 4 N–H and O–H groups in total. The van der Waals surface area contributed by atoms with Gasteiger partial charge in [0.1, 0.15) is 11.5 Å². The van der Waals surface area contributed by atoms with Crippen molar-refractivity contribution in [2.24, 2.45) is 21.7 Å². The SMILES string of the molecule is NC(N)=N/N=C\c1ccc(-c2ccc(Cl)cc2Cl)o1. The van der Waals surface area contributed by atoms with Gasteiger partial charge in [0.2, 0.25) is 5.96 Å². The van der Waals surface area contributed by atoms with Crippen LogP contribution >= 0.6 is 23.2 Å². The quantitative estimate of drug-likeness (QED) is 0.518. The normalized spacial score (nSPS) is 10.8. The molecular weight excluding hydrogens is 287 g/mol. The van der Waals surface area contributed by atoms with Crippen molar-refractivity contribution in [1.29, 1.82) is 0 Å². The third kappa shape index (κ3) is 3.49. The van der Waals surface area contributed by atoms with Crippen LogP contribution in [0, 0.1) is 0 Å². The van der Waals surface area contributed by atoms with E-state index in [9.17, 15) is 0 Å². The maximum absolute atomic E-state index is 6.09. The summed E-state index contributed by atoms with van der Waals surface area (Å²) in [6.45, 7) is 0. The van der Waals surface area contributed by atoms with E-state index in [2.05, 4.69) is 10.2 Å². The number of hydrogen-bond acceptors (Lipinski definition) is 3. The number of benzene rings is 1. The van der Waals surface area contributed by atoms with Crippen molar-refractivity contribution in [3.05, 3.63) is 46.1 Å². The fraction of sp³-hybridized carbons (Fsp3) is 0. The molecule has 0 saturated heterocycles. The molecule has 0 aliphatic heterocycles. The van der Waals surface area contributed by atoms with Crippen LogP contribution in [0.5, 0.6) is 0 Å². The van der Waals surface area contributed by atoms with E-state index in [1.807, 2.05) is 0 Å². The Hall–Kier alpha value is -1.98. The number of nitrogens with two attached hydrogens (primary N) is 2. The molecule has 1 heterocycles. The molecule has 0 aliphatic carbocycles. The molecule has 0 radical (unpaired) electrons. The van der Waals surface area contributed by atoms with Gasteiger partial charge in [0, 0.05) is 10.6 Å². The van der Waals surface area contributed by atoms with Gasteiger partial charge in [0.25, 0.3) is 0 Å². The number of guanidine groups is 1. The van der Waals surface area contributed by atoms with Crippen LogP contribution in [0.1, 0.15) is 5.76 Å². The minimum Gasteiger partial charge on any atom is -0.455 e. The Kier molecular flexibility index (Phi) is 4.09. The van der Waals surface area contributed by atoms with Gasteiger partial charge in [-0.05, 0) is 30.3 Å². The maximum atomic E-state index is 6.09. The van der Waals surface area contributed by atoms with E-state index in [0.29, 0.717) is 21.6 Å². The zero-order valence-electron chi connectivity index (χ0n) is 9.68. The number of hydrogen-bond donors (Lipinski definition) is 2. The smallest absolute Gasteiger partial charge is 0.211 e. The Morgan fingerprint density at radius 3 is 2.63 bits per heavy atom. The van der Waals surface area contributed by atoms with Crippen LogP contribution in [0.15, 0.2) is 45.0 Å². The fourth-order valence-corrected chi connectivity index (χ4v) is 1.91. The molecule has 7 heteroatoms. The number of rotatable bonds is 3. The number of furan rings is 1. The lowest BCUT2D eigenvalue weighted by Crippen LogP contribution is -2.21. The summed E-state index contributed by atoms with van der Waals surface area (Å²) in [5.41, 5.74) is 11.0. The van der Waals surface area contributed by atoms with Gasteiger partial charge in [0.15, 0.2) is 0 Å². The molecule has 0 unspecified atom stereocenters. The first-order chi connectivity index (χ1) is 9.06. The van der Waals surface area contributed by atoms with Crippen LogP contribution in [0.4, 0.5) is 0 Å². The third-order valence-corrected chi connectivity index (χ3v) is 2.73. The van der Waals surface area contributed by atoms with Crippen LogP contribution in [0.25, 0.3) is 11.3 Å². The van der Waals surface area contributed by atoms with E-state index in [4.69, 9.17) is 39.1 Å². The molecule has 5 nitrogen and oxygen atoms in total. The lowest BCUT2D eigenvalue weighted by Gasteiger charge is -2.00. The summed E-state index contributed by atoms with van der Waals surface area (Å²) in [7, 11) is 0. The summed E-state index contributed by atoms with van der Waals surface area (Å²) in [6.07, 6.45) is 1.40. The van der Waals surface area contributed by atoms with Crippen molar-refractivity contribution < 1.29 is 4.42 Å². The molecular formula is C12H10Cl2N4O. The molecule has 19 heavy (non-hydrogen) atoms. The Morgan fingerprint density at radius 2 is 1.95 bits per heavy atom. The molecule has 0 atom stereocenters. The van der Waals surface area contributed by atoms with Gasteiger partial charge >= 0.3 is 0 Å². The zero-order chi connectivity index (χ0) is 13.8. The van der Waals surface area contributed by atoms with Crippen molar-refractivity contribution >= 4 is 35.4 Å². The average Bonchev–Trinajstić information content (AvgIpc) is 2.77. The van der Waals surface area contributed by atoms with E-state index in [-0.39, 0.29) is 5.96 Å². The summed E-state index contributed by atoms with van der Waals surface area (Å²) < 4.78 is 5.54. The van der Waals surface area contributed by atoms with E-state index in [1.54, 1.807) is 30.3 Å². The Bertz CT molecular complexity index is 645. The van der Waals surface area contributed by atoms with Crippen molar-refractivity contribution in [3.8, 4) is 11.3 Å². The summed E-state index contributed by atoms with van der Waals surface area (Å²) in [6, 6.07) is 8.66. The van der Waals surface area contributed by atoms with Crippen molar-refractivity contribution in [2.75, 3.05) is 0 Å². The first-order valence-corrected chi connectivity index (χ1v) is 5.99. The minimum absolute atomic E-state index is 0.122. The van der Waals surface area contributed by atoms with Gasteiger partial charge < -0.3 is 15.9 Å². The highest BCUT2D eigenvalue weighted by molar-refractivity contribution is 6.36. The monoisotopic (exact) mass is 296 g/mol. The molecule has 0 aliphatic rings. The molecule has 2 rings (SSSR count). The Morgan fingerprint density at radius 1 is 1.16 bits per heavy atom.